The standard InChI is InChI=1S/C18H22N4O2/c23-17(22-10-12-8-19-9-13(12)11-22)7-3-6-16-20-15-5-2-1-4-14(15)18(24)21-16/h1-2,4-5,12-13,19H,3,6-11H2,(H,20,21,24)/t12-,13+. The molecule has 2 aromatic rings. The molecule has 2 saturated heterocycles. The zero-order chi connectivity index (χ0) is 16.5. The molecule has 1 aromatic carbocycles. The first-order valence-electron chi connectivity index (χ1n) is 8.67. The number of fused-ring (bicyclic) bond motifs is 2. The summed E-state index contributed by atoms with van der Waals surface area (Å²) >= 11 is 0. The Hall–Kier alpha value is -2.21. The fraction of sp³-hybridized carbons (Fsp3) is 0.500. The molecular formula is C18H22N4O2. The lowest BCUT2D eigenvalue weighted by molar-refractivity contribution is -0.130. The van der Waals surface area contributed by atoms with Gasteiger partial charge in [0, 0.05) is 39.0 Å². The molecule has 0 bridgehead atoms. The van der Waals surface area contributed by atoms with E-state index in [1.807, 2.05) is 23.1 Å². The molecule has 2 aliphatic rings. The molecule has 1 aromatic heterocycles. The molecule has 6 nitrogen and oxygen atoms in total. The van der Waals surface area contributed by atoms with Crippen molar-refractivity contribution in [3.63, 3.8) is 0 Å². The lowest BCUT2D eigenvalue weighted by atomic mass is 10.0. The molecule has 0 unspecified atom stereocenters. The molecule has 4 rings (SSSR count). The molecule has 1 amide bonds. The van der Waals surface area contributed by atoms with Gasteiger partial charge in [-0.2, -0.15) is 0 Å². The average molecular weight is 326 g/mol. The van der Waals surface area contributed by atoms with Crippen molar-refractivity contribution in [2.45, 2.75) is 19.3 Å². The molecule has 0 radical (unpaired) electrons. The van der Waals surface area contributed by atoms with Crippen molar-refractivity contribution in [1.82, 2.24) is 20.2 Å². The zero-order valence-corrected chi connectivity index (χ0v) is 13.6. The van der Waals surface area contributed by atoms with Gasteiger partial charge in [0.15, 0.2) is 0 Å². The van der Waals surface area contributed by atoms with Crippen LogP contribution in [0.5, 0.6) is 0 Å². The monoisotopic (exact) mass is 326 g/mol. The number of hydrogen-bond donors (Lipinski definition) is 2. The summed E-state index contributed by atoms with van der Waals surface area (Å²) in [7, 11) is 0. The fourth-order valence-corrected chi connectivity index (χ4v) is 3.88. The summed E-state index contributed by atoms with van der Waals surface area (Å²) in [5.41, 5.74) is 0.601. The van der Waals surface area contributed by atoms with E-state index in [0.29, 0.717) is 47.8 Å². The third-order valence-electron chi connectivity index (χ3n) is 5.21. The maximum Gasteiger partial charge on any atom is 0.258 e. The number of H-pyrrole nitrogens is 1. The van der Waals surface area contributed by atoms with Crippen LogP contribution in [0.15, 0.2) is 29.1 Å². The maximum atomic E-state index is 12.4. The molecule has 2 N–H and O–H groups in total. The van der Waals surface area contributed by atoms with E-state index in [0.717, 1.165) is 26.2 Å². The van der Waals surface area contributed by atoms with E-state index in [9.17, 15) is 9.59 Å². The number of amides is 1. The Balaban J connectivity index is 1.34. The normalized spacial score (nSPS) is 22.9. The second-order valence-corrected chi connectivity index (χ2v) is 6.86. The van der Waals surface area contributed by atoms with E-state index in [1.165, 1.54) is 0 Å². The third kappa shape index (κ3) is 2.94. The van der Waals surface area contributed by atoms with Gasteiger partial charge >= 0.3 is 0 Å². The summed E-state index contributed by atoms with van der Waals surface area (Å²) in [6.45, 7) is 3.86. The molecule has 3 heterocycles. The van der Waals surface area contributed by atoms with Crippen LogP contribution in [0.1, 0.15) is 18.7 Å². The highest BCUT2D eigenvalue weighted by Gasteiger charge is 2.37. The summed E-state index contributed by atoms with van der Waals surface area (Å²) in [5.74, 6) is 2.15. The minimum Gasteiger partial charge on any atom is -0.342 e. The Morgan fingerprint density at radius 3 is 2.75 bits per heavy atom. The number of para-hydroxylation sites is 1. The second kappa shape index (κ2) is 6.36. The number of carbonyl (C=O) groups is 1. The van der Waals surface area contributed by atoms with Crippen molar-refractivity contribution in [3.8, 4) is 0 Å². The van der Waals surface area contributed by atoms with Crippen molar-refractivity contribution in [2.75, 3.05) is 26.2 Å². The number of rotatable bonds is 4. The van der Waals surface area contributed by atoms with Crippen molar-refractivity contribution >= 4 is 16.8 Å². The van der Waals surface area contributed by atoms with Gasteiger partial charge in [-0.25, -0.2) is 4.98 Å². The molecule has 0 aliphatic carbocycles. The number of likely N-dealkylation sites (tertiary alicyclic amines) is 1. The van der Waals surface area contributed by atoms with Crippen LogP contribution in [-0.4, -0.2) is 47.0 Å². The number of aromatic nitrogens is 2. The highest BCUT2D eigenvalue weighted by Crippen LogP contribution is 2.26. The highest BCUT2D eigenvalue weighted by molar-refractivity contribution is 5.77. The van der Waals surface area contributed by atoms with Crippen LogP contribution in [0.25, 0.3) is 10.9 Å². The topological polar surface area (TPSA) is 78.1 Å². The van der Waals surface area contributed by atoms with Gasteiger partial charge in [-0.05, 0) is 30.4 Å². The molecule has 6 heteroatoms. The zero-order valence-electron chi connectivity index (χ0n) is 13.6. The first-order chi connectivity index (χ1) is 11.7. The smallest absolute Gasteiger partial charge is 0.258 e. The number of aryl methyl sites for hydroxylation is 1. The van der Waals surface area contributed by atoms with Crippen LogP contribution in [-0.2, 0) is 11.2 Å². The minimum absolute atomic E-state index is 0.109. The summed E-state index contributed by atoms with van der Waals surface area (Å²) in [6, 6.07) is 7.32. The Bertz CT molecular complexity index is 804. The van der Waals surface area contributed by atoms with Gasteiger partial charge in [-0.1, -0.05) is 12.1 Å². The number of nitrogens with one attached hydrogen (secondary N) is 2. The van der Waals surface area contributed by atoms with E-state index in [2.05, 4.69) is 15.3 Å². The van der Waals surface area contributed by atoms with Gasteiger partial charge in [-0.3, -0.25) is 9.59 Å². The van der Waals surface area contributed by atoms with Crippen LogP contribution in [0.3, 0.4) is 0 Å². The number of aromatic amines is 1. The molecule has 24 heavy (non-hydrogen) atoms. The van der Waals surface area contributed by atoms with E-state index in [1.54, 1.807) is 6.07 Å². The maximum absolute atomic E-state index is 12.4. The van der Waals surface area contributed by atoms with Gasteiger partial charge < -0.3 is 15.2 Å². The predicted molar refractivity (Wildman–Crippen MR) is 91.7 cm³/mol. The predicted octanol–water partition coefficient (Wildman–Crippen LogP) is 0.924. The lowest BCUT2D eigenvalue weighted by Crippen LogP contribution is -2.31. The van der Waals surface area contributed by atoms with Crippen LogP contribution in [0.2, 0.25) is 0 Å². The van der Waals surface area contributed by atoms with Crippen molar-refractivity contribution in [1.29, 1.82) is 0 Å². The Labute approximate surface area is 140 Å². The van der Waals surface area contributed by atoms with Crippen LogP contribution in [0, 0.1) is 11.8 Å². The van der Waals surface area contributed by atoms with E-state index >= 15 is 0 Å². The average Bonchev–Trinajstić information content (AvgIpc) is 3.16. The summed E-state index contributed by atoms with van der Waals surface area (Å²) < 4.78 is 0. The third-order valence-corrected chi connectivity index (χ3v) is 5.21. The van der Waals surface area contributed by atoms with E-state index in [4.69, 9.17) is 0 Å². The first-order valence-corrected chi connectivity index (χ1v) is 8.67. The van der Waals surface area contributed by atoms with Gasteiger partial charge in [-0.15, -0.1) is 0 Å². The van der Waals surface area contributed by atoms with Gasteiger partial charge in [0.25, 0.3) is 5.56 Å². The largest absolute Gasteiger partial charge is 0.342 e. The lowest BCUT2D eigenvalue weighted by Gasteiger charge is -2.17. The van der Waals surface area contributed by atoms with Crippen LogP contribution < -0.4 is 10.9 Å². The van der Waals surface area contributed by atoms with Crippen LogP contribution in [0.4, 0.5) is 0 Å². The number of hydrogen-bond acceptors (Lipinski definition) is 4. The molecule has 2 fully saturated rings. The molecule has 0 spiro atoms. The summed E-state index contributed by atoms with van der Waals surface area (Å²) in [6.07, 6.45) is 1.85. The van der Waals surface area contributed by atoms with E-state index in [-0.39, 0.29) is 11.5 Å². The SMILES string of the molecule is O=C(CCCc1nc2ccccc2c(=O)[nH]1)N1C[C@H]2CNC[C@H]2C1. The Morgan fingerprint density at radius 1 is 1.21 bits per heavy atom. The minimum atomic E-state index is -0.109. The molecular weight excluding hydrogens is 304 g/mol. The quantitative estimate of drug-likeness (QED) is 0.876. The molecule has 2 atom stereocenters. The van der Waals surface area contributed by atoms with Gasteiger partial charge in [0.2, 0.25) is 5.91 Å². The number of benzene rings is 1. The number of nitrogens with zero attached hydrogens (tertiary/aromatic N) is 2. The van der Waals surface area contributed by atoms with E-state index < -0.39 is 0 Å². The fourth-order valence-electron chi connectivity index (χ4n) is 3.88. The molecule has 0 saturated carbocycles. The van der Waals surface area contributed by atoms with Crippen molar-refractivity contribution in [3.05, 3.63) is 40.4 Å². The van der Waals surface area contributed by atoms with Crippen molar-refractivity contribution in [2.24, 2.45) is 11.8 Å². The Morgan fingerprint density at radius 2 is 1.96 bits per heavy atom. The van der Waals surface area contributed by atoms with Crippen LogP contribution >= 0.6 is 0 Å². The summed E-state index contributed by atoms with van der Waals surface area (Å²) in [5, 5.41) is 3.99. The number of carbonyl (C=O) groups excluding carboxylic acids is 1. The highest BCUT2D eigenvalue weighted by atomic mass is 16.2. The Kier molecular flexibility index (Phi) is 4.06. The first kappa shape index (κ1) is 15.3. The van der Waals surface area contributed by atoms with Gasteiger partial charge in [0.05, 0.1) is 10.9 Å². The second-order valence-electron chi connectivity index (χ2n) is 6.86. The molecule has 2 aliphatic heterocycles. The van der Waals surface area contributed by atoms with Gasteiger partial charge in [0.1, 0.15) is 5.82 Å². The van der Waals surface area contributed by atoms with Crippen molar-refractivity contribution < 1.29 is 4.79 Å². The molecule has 126 valence electrons. The summed E-state index contributed by atoms with van der Waals surface area (Å²) in [4.78, 5) is 33.7.